The van der Waals surface area contributed by atoms with Crippen LogP contribution in [0.25, 0.3) is 22.5 Å². The number of aromatic nitrogens is 3. The van der Waals surface area contributed by atoms with E-state index in [1.54, 1.807) is 35.3 Å². The van der Waals surface area contributed by atoms with Gasteiger partial charge in [-0.05, 0) is 55.8 Å². The summed E-state index contributed by atoms with van der Waals surface area (Å²) in [7, 11) is -5.01. The van der Waals surface area contributed by atoms with Crippen molar-refractivity contribution in [2.24, 2.45) is 0 Å². The summed E-state index contributed by atoms with van der Waals surface area (Å²) in [4.78, 5) is 15.4. The Morgan fingerprint density at radius 2 is 1.86 bits per heavy atom. The molecule has 0 saturated carbocycles. The van der Waals surface area contributed by atoms with E-state index in [-0.39, 0.29) is 15.6 Å². The third kappa shape index (κ3) is 4.37. The monoisotopic (exact) mass is 498 g/mol. The number of anilines is 1. The summed E-state index contributed by atoms with van der Waals surface area (Å²) in [6.45, 7) is 3.98. The van der Waals surface area contributed by atoms with Gasteiger partial charge in [-0.3, -0.25) is 9.67 Å². The largest absolute Gasteiger partial charge is 0.464 e. The first kappa shape index (κ1) is 24.0. The molecule has 0 unspecified atom stereocenters. The molecule has 4 rings (SSSR count). The number of hydrogen-bond acceptors (Lipinski definition) is 5. The number of sulfonamides is 1. The lowest BCUT2D eigenvalue weighted by Crippen LogP contribution is -2.37. The van der Waals surface area contributed by atoms with Crippen LogP contribution in [0, 0.1) is 18.6 Å². The van der Waals surface area contributed by atoms with Crippen LogP contribution >= 0.6 is 0 Å². The molecule has 11 heteroatoms. The van der Waals surface area contributed by atoms with Crippen molar-refractivity contribution in [1.29, 1.82) is 0 Å². The number of rotatable bonds is 6. The van der Waals surface area contributed by atoms with Gasteiger partial charge in [0.15, 0.2) is 0 Å². The lowest BCUT2D eigenvalue weighted by Gasteiger charge is -2.22. The van der Waals surface area contributed by atoms with Gasteiger partial charge in [0.2, 0.25) is 0 Å². The Labute approximate surface area is 200 Å². The van der Waals surface area contributed by atoms with Crippen LogP contribution in [-0.4, -0.2) is 34.4 Å². The maximum Gasteiger partial charge on any atom is 0.426 e. The summed E-state index contributed by atoms with van der Waals surface area (Å²) in [5, 5.41) is 14.4. The molecule has 35 heavy (non-hydrogen) atoms. The molecule has 0 saturated heterocycles. The van der Waals surface area contributed by atoms with E-state index in [9.17, 15) is 27.1 Å². The second-order valence-electron chi connectivity index (χ2n) is 7.54. The van der Waals surface area contributed by atoms with Crippen LogP contribution < -0.4 is 4.31 Å². The molecule has 8 nitrogen and oxygen atoms in total. The maximum atomic E-state index is 14.3. The van der Waals surface area contributed by atoms with E-state index in [1.807, 2.05) is 13.0 Å². The van der Waals surface area contributed by atoms with Crippen LogP contribution in [0.4, 0.5) is 19.3 Å². The van der Waals surface area contributed by atoms with Gasteiger partial charge in [0, 0.05) is 30.1 Å². The Bertz CT molecular complexity index is 1520. The molecule has 4 aromatic rings. The molecule has 2 aromatic heterocycles. The van der Waals surface area contributed by atoms with Gasteiger partial charge in [-0.1, -0.05) is 18.2 Å². The number of amides is 1. The molecular formula is C24H20F2N4O4S. The number of pyridine rings is 1. The average molecular weight is 499 g/mol. The van der Waals surface area contributed by atoms with E-state index in [1.165, 1.54) is 19.1 Å². The highest BCUT2D eigenvalue weighted by Gasteiger charge is 2.35. The van der Waals surface area contributed by atoms with Gasteiger partial charge >= 0.3 is 6.09 Å². The van der Waals surface area contributed by atoms with Crippen molar-refractivity contribution in [2.75, 3.05) is 4.31 Å². The highest BCUT2D eigenvalue weighted by Crippen LogP contribution is 2.37. The van der Waals surface area contributed by atoms with E-state index in [4.69, 9.17) is 0 Å². The SMILES string of the molecule is CCn1cc(-c2ccccn2)c(-c2cccc(N(C(=O)O)S(=O)(=O)c3cc(F)ccc3F)c2C)n1. The fourth-order valence-electron chi connectivity index (χ4n) is 3.70. The topological polar surface area (TPSA) is 105 Å². The van der Waals surface area contributed by atoms with Gasteiger partial charge in [0.1, 0.15) is 22.2 Å². The molecule has 0 aliphatic rings. The molecule has 0 aliphatic heterocycles. The maximum absolute atomic E-state index is 14.3. The van der Waals surface area contributed by atoms with Gasteiger partial charge in [-0.15, -0.1) is 0 Å². The Balaban J connectivity index is 1.92. The number of halogens is 2. The zero-order valence-corrected chi connectivity index (χ0v) is 19.5. The van der Waals surface area contributed by atoms with E-state index in [2.05, 4.69) is 10.1 Å². The lowest BCUT2D eigenvalue weighted by atomic mass is 9.99. The number of benzene rings is 2. The minimum absolute atomic E-state index is 0.0426. The molecule has 0 atom stereocenters. The molecule has 2 aromatic carbocycles. The smallest absolute Gasteiger partial charge is 0.426 e. The predicted octanol–water partition coefficient (Wildman–Crippen LogP) is 5.09. The van der Waals surface area contributed by atoms with Crippen molar-refractivity contribution in [3.8, 4) is 22.5 Å². The van der Waals surface area contributed by atoms with E-state index >= 15 is 0 Å². The van der Waals surface area contributed by atoms with Gasteiger partial charge in [-0.25, -0.2) is 22.0 Å². The average Bonchev–Trinajstić information content (AvgIpc) is 3.26. The van der Waals surface area contributed by atoms with Crippen LogP contribution in [0.15, 0.2) is 71.9 Å². The number of hydrogen-bond donors (Lipinski definition) is 1. The number of carboxylic acid groups (broad SMARTS) is 1. The van der Waals surface area contributed by atoms with Crippen LogP contribution in [0.3, 0.4) is 0 Å². The zero-order chi connectivity index (χ0) is 25.3. The Morgan fingerprint density at radius 1 is 1.09 bits per heavy atom. The Kier molecular flexibility index (Phi) is 6.35. The summed E-state index contributed by atoms with van der Waals surface area (Å²) >= 11 is 0. The van der Waals surface area contributed by atoms with Crippen LogP contribution in [0.5, 0.6) is 0 Å². The number of nitrogens with zero attached hydrogens (tertiary/aromatic N) is 4. The van der Waals surface area contributed by atoms with Gasteiger partial charge in [0.25, 0.3) is 10.0 Å². The summed E-state index contributed by atoms with van der Waals surface area (Å²) in [6, 6.07) is 11.6. The molecule has 0 aliphatic carbocycles. The van der Waals surface area contributed by atoms with Crippen molar-refractivity contribution in [3.05, 3.63) is 84.2 Å². The first-order chi connectivity index (χ1) is 16.6. The van der Waals surface area contributed by atoms with Gasteiger partial charge in [0.05, 0.1) is 11.4 Å². The second-order valence-corrected chi connectivity index (χ2v) is 9.29. The fraction of sp³-hybridized carbons (Fsp3) is 0.125. The standard InChI is InChI=1S/C24H20F2N4O4S/c1-3-29-14-18(20-8-4-5-12-27-20)23(28-29)17-7-6-9-21(15(17)2)30(24(31)32)35(33,34)22-13-16(25)10-11-19(22)26/h4-14H,3H2,1-2H3,(H,31,32). The third-order valence-electron chi connectivity index (χ3n) is 5.39. The fourth-order valence-corrected chi connectivity index (χ4v) is 5.14. The molecule has 1 N–H and O–H groups in total. The molecule has 2 heterocycles. The minimum atomic E-state index is -5.01. The molecule has 1 amide bonds. The Hall–Kier alpha value is -4.12. The summed E-state index contributed by atoms with van der Waals surface area (Å²) in [5.41, 5.74) is 2.22. The second kappa shape index (κ2) is 9.26. The zero-order valence-electron chi connectivity index (χ0n) is 18.7. The number of aryl methyl sites for hydroxylation is 1. The quantitative estimate of drug-likeness (QED) is 0.397. The third-order valence-corrected chi connectivity index (χ3v) is 7.09. The highest BCUT2D eigenvalue weighted by atomic mass is 32.2. The Morgan fingerprint density at radius 3 is 2.51 bits per heavy atom. The molecule has 0 spiro atoms. The van der Waals surface area contributed by atoms with Crippen LogP contribution in [0.1, 0.15) is 12.5 Å². The summed E-state index contributed by atoms with van der Waals surface area (Å²) < 4.78 is 56.2. The van der Waals surface area contributed by atoms with Crippen molar-refractivity contribution in [1.82, 2.24) is 14.8 Å². The van der Waals surface area contributed by atoms with Crippen LogP contribution in [-0.2, 0) is 16.6 Å². The molecule has 0 fully saturated rings. The van der Waals surface area contributed by atoms with Crippen molar-refractivity contribution < 1.29 is 27.1 Å². The first-order valence-electron chi connectivity index (χ1n) is 10.5. The van der Waals surface area contributed by atoms with Gasteiger partial charge in [-0.2, -0.15) is 9.40 Å². The lowest BCUT2D eigenvalue weighted by molar-refractivity contribution is 0.206. The summed E-state index contributed by atoms with van der Waals surface area (Å²) in [6.07, 6.45) is 1.54. The highest BCUT2D eigenvalue weighted by molar-refractivity contribution is 7.93. The van der Waals surface area contributed by atoms with E-state index in [0.717, 1.165) is 6.07 Å². The molecule has 0 radical (unpaired) electrons. The molecule has 180 valence electrons. The van der Waals surface area contributed by atoms with E-state index in [0.29, 0.717) is 41.2 Å². The predicted molar refractivity (Wildman–Crippen MR) is 125 cm³/mol. The number of carbonyl (C=O) groups is 1. The molecular weight excluding hydrogens is 478 g/mol. The van der Waals surface area contributed by atoms with Crippen molar-refractivity contribution >= 4 is 21.8 Å². The molecule has 0 bridgehead atoms. The van der Waals surface area contributed by atoms with Crippen LogP contribution in [0.2, 0.25) is 0 Å². The van der Waals surface area contributed by atoms with Crippen molar-refractivity contribution in [2.45, 2.75) is 25.3 Å². The normalized spacial score (nSPS) is 11.4. The van der Waals surface area contributed by atoms with Gasteiger partial charge < -0.3 is 5.11 Å². The van der Waals surface area contributed by atoms with E-state index < -0.39 is 32.6 Å². The first-order valence-corrected chi connectivity index (χ1v) is 11.9. The van der Waals surface area contributed by atoms with Crippen molar-refractivity contribution in [3.63, 3.8) is 0 Å². The minimum Gasteiger partial charge on any atom is -0.464 e. The summed E-state index contributed by atoms with van der Waals surface area (Å²) in [5.74, 6) is -2.29.